The highest BCUT2D eigenvalue weighted by molar-refractivity contribution is 5.91. The van der Waals surface area contributed by atoms with E-state index in [0.717, 1.165) is 25.4 Å². The van der Waals surface area contributed by atoms with Crippen LogP contribution in [0.3, 0.4) is 0 Å². The van der Waals surface area contributed by atoms with Crippen molar-refractivity contribution in [3.8, 4) is 11.5 Å². The summed E-state index contributed by atoms with van der Waals surface area (Å²) in [4.78, 5) is 45.2. The molecular formula is C42H54O6. The quantitative estimate of drug-likeness (QED) is 0.0960. The first-order valence-corrected chi connectivity index (χ1v) is 17.0. The summed E-state index contributed by atoms with van der Waals surface area (Å²) in [6, 6.07) is 27.8. The first-order chi connectivity index (χ1) is 23.3. The second kappa shape index (κ2) is 25.3. The minimum atomic E-state index is -0.399. The number of benzene rings is 4. The molecule has 0 saturated carbocycles. The molecule has 0 radical (unpaired) electrons. The Hall–Kier alpha value is -4.84. The van der Waals surface area contributed by atoms with Gasteiger partial charge in [-0.1, -0.05) is 93.5 Å². The van der Waals surface area contributed by atoms with Gasteiger partial charge in [-0.25, -0.2) is 9.59 Å². The zero-order valence-electron chi connectivity index (χ0n) is 30.4. The highest BCUT2D eigenvalue weighted by Crippen LogP contribution is 2.21. The lowest BCUT2D eigenvalue weighted by atomic mass is 9.98. The highest BCUT2D eigenvalue weighted by Gasteiger charge is 2.11. The molecule has 0 aliphatic rings. The van der Waals surface area contributed by atoms with Crippen molar-refractivity contribution in [1.29, 1.82) is 0 Å². The third-order valence-corrected chi connectivity index (χ3v) is 7.11. The van der Waals surface area contributed by atoms with Gasteiger partial charge in [0.05, 0.1) is 11.1 Å². The monoisotopic (exact) mass is 654 g/mol. The topological polar surface area (TPSA) is 86.7 Å². The number of aldehydes is 2. The number of rotatable bonds is 10. The zero-order valence-corrected chi connectivity index (χ0v) is 30.4. The summed E-state index contributed by atoms with van der Waals surface area (Å²) in [6.45, 7) is 20.6. The summed E-state index contributed by atoms with van der Waals surface area (Å²) in [6.07, 6.45) is 3.62. The highest BCUT2D eigenvalue weighted by atomic mass is 16.5. The fourth-order valence-electron chi connectivity index (χ4n) is 3.93. The minimum Gasteiger partial charge on any atom is -0.423 e. The largest absolute Gasteiger partial charge is 0.423 e. The van der Waals surface area contributed by atoms with Crippen molar-refractivity contribution in [2.24, 2.45) is 0 Å². The smallest absolute Gasteiger partial charge is 0.343 e. The Labute approximate surface area is 288 Å². The van der Waals surface area contributed by atoms with Gasteiger partial charge in [-0.3, -0.25) is 9.59 Å². The number of esters is 2. The molecule has 4 aromatic carbocycles. The van der Waals surface area contributed by atoms with Crippen LogP contribution in [-0.2, 0) is 0 Å². The second-order valence-electron chi connectivity index (χ2n) is 10.0. The second-order valence-corrected chi connectivity index (χ2v) is 10.0. The maximum absolute atomic E-state index is 12.0. The van der Waals surface area contributed by atoms with Crippen molar-refractivity contribution in [2.75, 3.05) is 0 Å². The van der Waals surface area contributed by atoms with Crippen molar-refractivity contribution in [3.05, 3.63) is 130 Å². The van der Waals surface area contributed by atoms with Crippen LogP contribution in [0.1, 0.15) is 146 Å². The minimum absolute atomic E-state index is 0.399. The van der Waals surface area contributed by atoms with E-state index in [2.05, 4.69) is 27.7 Å². The number of ether oxygens (including phenoxy) is 2. The lowest BCUT2D eigenvalue weighted by molar-refractivity contribution is 0.0725. The van der Waals surface area contributed by atoms with Crippen molar-refractivity contribution in [1.82, 2.24) is 0 Å². The molecule has 0 saturated heterocycles. The maximum Gasteiger partial charge on any atom is 0.343 e. The van der Waals surface area contributed by atoms with Gasteiger partial charge in [0, 0.05) is 11.1 Å². The van der Waals surface area contributed by atoms with Gasteiger partial charge in [-0.15, -0.1) is 0 Å². The fourth-order valence-corrected chi connectivity index (χ4v) is 3.93. The van der Waals surface area contributed by atoms with E-state index in [1.54, 1.807) is 72.8 Å². The summed E-state index contributed by atoms with van der Waals surface area (Å²) < 4.78 is 10.5. The molecule has 4 aromatic rings. The molecule has 0 N–H and O–H groups in total. The van der Waals surface area contributed by atoms with E-state index in [0.29, 0.717) is 45.6 Å². The van der Waals surface area contributed by atoms with Crippen LogP contribution in [0.2, 0.25) is 0 Å². The number of hydrogen-bond donors (Lipinski definition) is 0. The molecule has 6 nitrogen and oxygen atoms in total. The molecule has 0 fully saturated rings. The summed E-state index contributed by atoms with van der Waals surface area (Å²) in [5.74, 6) is 1.01. The molecule has 0 heterocycles. The lowest BCUT2D eigenvalue weighted by Gasteiger charge is -2.09. The Morgan fingerprint density at radius 1 is 0.500 bits per heavy atom. The molecule has 0 aliphatic heterocycles. The van der Waals surface area contributed by atoms with E-state index in [-0.39, 0.29) is 0 Å². The van der Waals surface area contributed by atoms with Crippen LogP contribution in [0.25, 0.3) is 0 Å². The van der Waals surface area contributed by atoms with Crippen molar-refractivity contribution < 1.29 is 28.7 Å². The van der Waals surface area contributed by atoms with Crippen molar-refractivity contribution in [2.45, 2.75) is 93.9 Å². The number of hydrogen-bond acceptors (Lipinski definition) is 6. The van der Waals surface area contributed by atoms with Crippen LogP contribution < -0.4 is 9.47 Å². The van der Waals surface area contributed by atoms with E-state index in [1.807, 2.05) is 65.8 Å². The van der Waals surface area contributed by atoms with E-state index >= 15 is 0 Å². The van der Waals surface area contributed by atoms with Crippen molar-refractivity contribution in [3.63, 3.8) is 0 Å². The summed E-state index contributed by atoms with van der Waals surface area (Å²) >= 11 is 0. The molecule has 2 unspecified atom stereocenters. The normalized spacial score (nSPS) is 10.6. The fraction of sp³-hybridized carbons (Fsp3) is 0.333. The molecule has 0 bridgehead atoms. The molecule has 48 heavy (non-hydrogen) atoms. The van der Waals surface area contributed by atoms with Gasteiger partial charge in [-0.05, 0) is 109 Å². The number of carbonyl (C=O) groups excluding carboxylic acids is 4. The molecule has 4 rings (SSSR count). The molecule has 0 aromatic heterocycles. The van der Waals surface area contributed by atoms with E-state index in [9.17, 15) is 19.2 Å². The van der Waals surface area contributed by atoms with Crippen LogP contribution in [0, 0.1) is 0 Å². The first-order valence-electron chi connectivity index (χ1n) is 17.0. The average Bonchev–Trinajstić information content (AvgIpc) is 3.17. The summed E-state index contributed by atoms with van der Waals surface area (Å²) in [5.41, 5.74) is 4.55. The van der Waals surface area contributed by atoms with Crippen LogP contribution in [0.5, 0.6) is 11.5 Å². The van der Waals surface area contributed by atoms with Crippen molar-refractivity contribution >= 4 is 24.5 Å². The average molecular weight is 655 g/mol. The predicted octanol–water partition coefficient (Wildman–Crippen LogP) is 11.5. The predicted molar refractivity (Wildman–Crippen MR) is 198 cm³/mol. The van der Waals surface area contributed by atoms with Gasteiger partial charge >= 0.3 is 11.9 Å². The summed E-state index contributed by atoms with van der Waals surface area (Å²) in [5, 5.41) is 0. The van der Waals surface area contributed by atoms with Gasteiger partial charge in [0.15, 0.2) is 0 Å². The standard InChI is InChI=1S/2C18H18O3.3C2H6/c2*1-3-13(2)15-6-8-16(9-7-15)18(20)21-17-10-4-14(12-19)5-11-17;3*1-2/h2*4-13H,3H2,1-2H3;3*1-2H3. The summed E-state index contributed by atoms with van der Waals surface area (Å²) in [7, 11) is 0. The number of carbonyl (C=O) groups is 4. The van der Waals surface area contributed by atoms with E-state index in [1.165, 1.54) is 11.1 Å². The van der Waals surface area contributed by atoms with Gasteiger partial charge in [0.2, 0.25) is 0 Å². The Morgan fingerprint density at radius 3 is 1.00 bits per heavy atom. The Kier molecular flexibility index (Phi) is 22.7. The molecule has 6 heteroatoms. The van der Waals surface area contributed by atoms with Crippen LogP contribution >= 0.6 is 0 Å². The SMILES string of the molecule is CC.CC.CC.CCC(C)c1ccc(C(=O)Oc2ccc(C=O)cc2)cc1.CCC(C)c1ccc(C(=O)Oc2ccc(C=O)cc2)cc1. The third kappa shape index (κ3) is 14.7. The molecule has 0 aliphatic carbocycles. The molecule has 258 valence electrons. The van der Waals surface area contributed by atoms with Gasteiger partial charge < -0.3 is 9.47 Å². The Bertz CT molecular complexity index is 1340. The maximum atomic E-state index is 12.0. The van der Waals surface area contributed by atoms with E-state index < -0.39 is 11.9 Å². The molecule has 0 spiro atoms. The van der Waals surface area contributed by atoms with E-state index in [4.69, 9.17) is 9.47 Å². The molecule has 2 atom stereocenters. The van der Waals surface area contributed by atoms with Gasteiger partial charge in [0.25, 0.3) is 0 Å². The lowest BCUT2D eigenvalue weighted by Crippen LogP contribution is -2.08. The Balaban J connectivity index is 0.000000797. The van der Waals surface area contributed by atoms with Crippen LogP contribution in [0.15, 0.2) is 97.1 Å². The zero-order chi connectivity index (χ0) is 36.5. The van der Waals surface area contributed by atoms with Gasteiger partial charge in [0.1, 0.15) is 24.1 Å². The molecule has 0 amide bonds. The van der Waals surface area contributed by atoms with Crippen LogP contribution in [-0.4, -0.2) is 24.5 Å². The van der Waals surface area contributed by atoms with Gasteiger partial charge in [-0.2, -0.15) is 0 Å². The first kappa shape index (κ1) is 43.2. The third-order valence-electron chi connectivity index (χ3n) is 7.11. The molecular weight excluding hydrogens is 600 g/mol. The van der Waals surface area contributed by atoms with Crippen LogP contribution in [0.4, 0.5) is 0 Å². The Morgan fingerprint density at radius 2 is 0.771 bits per heavy atom.